The number of nitrogens with two attached hydrogens (primary N) is 1. The van der Waals surface area contributed by atoms with Gasteiger partial charge in [0.25, 0.3) is 0 Å². The molecule has 0 aliphatic rings. The SMILES string of the molecule is Nc1nc(-c2cscc2Br)nc(-n2ccnc2)n1. The molecule has 0 amide bonds. The topological polar surface area (TPSA) is 82.5 Å². The van der Waals surface area contributed by atoms with E-state index in [0.717, 1.165) is 10.0 Å². The number of halogens is 1. The zero-order chi connectivity index (χ0) is 12.5. The lowest BCUT2D eigenvalue weighted by atomic mass is 10.3. The van der Waals surface area contributed by atoms with Gasteiger partial charge in [0, 0.05) is 33.2 Å². The van der Waals surface area contributed by atoms with Gasteiger partial charge in [0.15, 0.2) is 5.82 Å². The van der Waals surface area contributed by atoms with Crippen LogP contribution in [0.25, 0.3) is 17.3 Å². The number of hydrogen-bond acceptors (Lipinski definition) is 6. The molecule has 2 N–H and O–H groups in total. The Bertz CT molecular complexity index is 678. The molecule has 0 unspecified atom stereocenters. The maximum absolute atomic E-state index is 5.71. The molecule has 0 aromatic carbocycles. The van der Waals surface area contributed by atoms with Crippen molar-refractivity contribution in [2.75, 3.05) is 5.73 Å². The minimum absolute atomic E-state index is 0.182. The van der Waals surface area contributed by atoms with Gasteiger partial charge in [-0.3, -0.25) is 4.57 Å². The molecule has 0 aliphatic carbocycles. The second-order valence-corrected chi connectivity index (χ2v) is 5.02. The van der Waals surface area contributed by atoms with Gasteiger partial charge in [-0.2, -0.15) is 26.3 Å². The Hall–Kier alpha value is -1.80. The van der Waals surface area contributed by atoms with Crippen molar-refractivity contribution in [3.05, 3.63) is 34.0 Å². The summed E-state index contributed by atoms with van der Waals surface area (Å²) in [6.45, 7) is 0. The molecule has 0 spiro atoms. The van der Waals surface area contributed by atoms with Crippen molar-refractivity contribution in [1.82, 2.24) is 24.5 Å². The lowest BCUT2D eigenvalue weighted by Gasteiger charge is -2.04. The summed E-state index contributed by atoms with van der Waals surface area (Å²) in [6.07, 6.45) is 5.02. The van der Waals surface area contributed by atoms with E-state index in [4.69, 9.17) is 5.73 Å². The van der Waals surface area contributed by atoms with E-state index in [1.54, 1.807) is 34.6 Å². The summed E-state index contributed by atoms with van der Waals surface area (Å²) in [5.74, 6) is 1.18. The Morgan fingerprint density at radius 3 is 2.78 bits per heavy atom. The maximum Gasteiger partial charge on any atom is 0.240 e. The molecule has 3 aromatic heterocycles. The number of hydrogen-bond donors (Lipinski definition) is 1. The highest BCUT2D eigenvalue weighted by Crippen LogP contribution is 2.29. The van der Waals surface area contributed by atoms with Crippen LogP contribution in [0.3, 0.4) is 0 Å². The third-order valence-corrected chi connectivity index (χ3v) is 3.93. The third-order valence-electron chi connectivity index (χ3n) is 2.23. The average molecular weight is 323 g/mol. The highest BCUT2D eigenvalue weighted by atomic mass is 79.9. The molecule has 0 aliphatic heterocycles. The van der Waals surface area contributed by atoms with Crippen LogP contribution in [0.5, 0.6) is 0 Å². The fourth-order valence-electron chi connectivity index (χ4n) is 1.44. The first kappa shape index (κ1) is 11.3. The predicted octanol–water partition coefficient (Wildman–Crippen LogP) is 2.13. The van der Waals surface area contributed by atoms with Gasteiger partial charge in [-0.15, -0.1) is 0 Å². The molecule has 0 radical (unpaired) electrons. The molecule has 6 nitrogen and oxygen atoms in total. The van der Waals surface area contributed by atoms with E-state index in [0.29, 0.717) is 11.8 Å². The van der Waals surface area contributed by atoms with E-state index >= 15 is 0 Å². The number of imidazole rings is 1. The van der Waals surface area contributed by atoms with Crippen molar-refractivity contribution in [2.45, 2.75) is 0 Å². The van der Waals surface area contributed by atoms with Crippen LogP contribution in [0.15, 0.2) is 34.0 Å². The normalized spacial score (nSPS) is 10.7. The number of nitrogen functional groups attached to an aromatic ring is 1. The first-order valence-corrected chi connectivity index (χ1v) is 6.69. The summed E-state index contributed by atoms with van der Waals surface area (Å²) in [5, 5.41) is 3.92. The molecule has 0 bridgehead atoms. The number of anilines is 1. The van der Waals surface area contributed by atoms with Crippen LogP contribution < -0.4 is 5.73 Å². The molecular formula is C10H7BrN6S. The number of aromatic nitrogens is 5. The van der Waals surface area contributed by atoms with Crippen LogP contribution in [-0.4, -0.2) is 24.5 Å². The largest absolute Gasteiger partial charge is 0.368 e. The van der Waals surface area contributed by atoms with Crippen LogP contribution in [0.2, 0.25) is 0 Å². The first-order chi connectivity index (χ1) is 8.74. The highest BCUT2D eigenvalue weighted by Gasteiger charge is 2.11. The molecular weight excluding hydrogens is 316 g/mol. The molecule has 18 heavy (non-hydrogen) atoms. The van der Waals surface area contributed by atoms with Crippen LogP contribution in [-0.2, 0) is 0 Å². The Labute approximate surface area is 115 Å². The summed E-state index contributed by atoms with van der Waals surface area (Å²) >= 11 is 5.01. The molecule has 0 saturated carbocycles. The van der Waals surface area contributed by atoms with Crippen molar-refractivity contribution in [3.8, 4) is 17.3 Å². The van der Waals surface area contributed by atoms with Gasteiger partial charge >= 0.3 is 0 Å². The molecule has 8 heteroatoms. The van der Waals surface area contributed by atoms with E-state index in [-0.39, 0.29) is 5.95 Å². The van der Waals surface area contributed by atoms with Crippen molar-refractivity contribution >= 4 is 33.2 Å². The molecule has 0 saturated heterocycles. The Kier molecular flexibility index (Phi) is 2.80. The third kappa shape index (κ3) is 2.00. The number of nitrogens with zero attached hydrogens (tertiary/aromatic N) is 5. The van der Waals surface area contributed by atoms with E-state index in [9.17, 15) is 0 Å². The predicted molar refractivity (Wildman–Crippen MR) is 72.4 cm³/mol. The van der Waals surface area contributed by atoms with Crippen molar-refractivity contribution < 1.29 is 0 Å². The summed E-state index contributed by atoms with van der Waals surface area (Å²) in [7, 11) is 0. The second-order valence-electron chi connectivity index (χ2n) is 3.42. The molecule has 90 valence electrons. The van der Waals surface area contributed by atoms with Crippen molar-refractivity contribution in [1.29, 1.82) is 0 Å². The Balaban J connectivity index is 2.15. The molecule has 3 aromatic rings. The summed E-state index contributed by atoms with van der Waals surface area (Å²) in [5.41, 5.74) is 6.61. The Morgan fingerprint density at radius 1 is 1.22 bits per heavy atom. The zero-order valence-corrected chi connectivity index (χ0v) is 11.4. The van der Waals surface area contributed by atoms with Crippen LogP contribution in [0.1, 0.15) is 0 Å². The van der Waals surface area contributed by atoms with Crippen molar-refractivity contribution in [2.24, 2.45) is 0 Å². The van der Waals surface area contributed by atoms with Gasteiger partial charge in [0.2, 0.25) is 11.9 Å². The van der Waals surface area contributed by atoms with E-state index in [1.165, 1.54) is 0 Å². The fraction of sp³-hybridized carbons (Fsp3) is 0. The quantitative estimate of drug-likeness (QED) is 0.781. The second kappa shape index (κ2) is 4.46. The van der Waals surface area contributed by atoms with Gasteiger partial charge < -0.3 is 5.73 Å². The highest BCUT2D eigenvalue weighted by molar-refractivity contribution is 9.10. The monoisotopic (exact) mass is 322 g/mol. The number of thiophene rings is 1. The fourth-order valence-corrected chi connectivity index (χ4v) is 2.89. The van der Waals surface area contributed by atoms with Gasteiger partial charge in [0.05, 0.1) is 0 Å². The van der Waals surface area contributed by atoms with E-state index in [2.05, 4.69) is 35.9 Å². The summed E-state index contributed by atoms with van der Waals surface area (Å²) < 4.78 is 2.62. The molecule has 0 fully saturated rings. The first-order valence-electron chi connectivity index (χ1n) is 4.96. The summed E-state index contributed by atoms with van der Waals surface area (Å²) in [6, 6.07) is 0. The number of rotatable bonds is 2. The van der Waals surface area contributed by atoms with E-state index in [1.807, 2.05) is 10.8 Å². The van der Waals surface area contributed by atoms with Crippen molar-refractivity contribution in [3.63, 3.8) is 0 Å². The molecule has 0 atom stereocenters. The Morgan fingerprint density at radius 2 is 2.11 bits per heavy atom. The van der Waals surface area contributed by atoms with Crippen LogP contribution in [0.4, 0.5) is 5.95 Å². The van der Waals surface area contributed by atoms with Crippen LogP contribution >= 0.6 is 27.3 Å². The minimum Gasteiger partial charge on any atom is -0.368 e. The average Bonchev–Trinajstić information content (AvgIpc) is 2.98. The summed E-state index contributed by atoms with van der Waals surface area (Å²) in [4.78, 5) is 16.6. The van der Waals surface area contributed by atoms with Gasteiger partial charge in [0.1, 0.15) is 6.33 Å². The smallest absolute Gasteiger partial charge is 0.240 e. The lowest BCUT2D eigenvalue weighted by Crippen LogP contribution is -2.06. The molecule has 3 rings (SSSR count). The zero-order valence-electron chi connectivity index (χ0n) is 8.99. The van der Waals surface area contributed by atoms with Gasteiger partial charge in [-0.05, 0) is 15.9 Å². The molecule has 3 heterocycles. The van der Waals surface area contributed by atoms with Gasteiger partial charge in [-0.25, -0.2) is 4.98 Å². The minimum atomic E-state index is 0.182. The lowest BCUT2D eigenvalue weighted by molar-refractivity contribution is 0.906. The maximum atomic E-state index is 5.71. The van der Waals surface area contributed by atoms with Crippen LogP contribution in [0, 0.1) is 0 Å². The van der Waals surface area contributed by atoms with E-state index < -0.39 is 0 Å². The van der Waals surface area contributed by atoms with Gasteiger partial charge in [-0.1, -0.05) is 0 Å². The standard InChI is InChI=1S/C10H7BrN6S/c11-7-4-18-3-6(7)8-14-9(12)16-10(15-8)17-2-1-13-5-17/h1-5H,(H2,12,14,15,16).